The van der Waals surface area contributed by atoms with Crippen molar-refractivity contribution < 1.29 is 15.0 Å². The SMILES string of the molecule is CC(C)(C)N(C(=O)O)[C@@H](Cc1ccccc1)[C@@H](O)CNCC1CC1. The highest BCUT2D eigenvalue weighted by Crippen LogP contribution is 2.27. The fourth-order valence-electron chi connectivity index (χ4n) is 3.07. The summed E-state index contributed by atoms with van der Waals surface area (Å²) in [5, 5.41) is 23.7. The molecule has 5 nitrogen and oxygen atoms in total. The molecule has 1 saturated carbocycles. The lowest BCUT2D eigenvalue weighted by molar-refractivity contribution is 0.00779. The van der Waals surface area contributed by atoms with Crippen molar-refractivity contribution in [3.63, 3.8) is 0 Å². The van der Waals surface area contributed by atoms with E-state index in [1.54, 1.807) is 0 Å². The summed E-state index contributed by atoms with van der Waals surface area (Å²) in [5.74, 6) is 0.725. The number of hydrogen-bond acceptors (Lipinski definition) is 3. The number of amides is 1. The quantitative estimate of drug-likeness (QED) is 0.683. The molecule has 1 aromatic rings. The van der Waals surface area contributed by atoms with Gasteiger partial charge in [-0.05, 0) is 58.1 Å². The van der Waals surface area contributed by atoms with Crippen molar-refractivity contribution >= 4 is 6.09 Å². The molecule has 24 heavy (non-hydrogen) atoms. The number of rotatable bonds is 8. The van der Waals surface area contributed by atoms with Gasteiger partial charge in [-0.15, -0.1) is 0 Å². The van der Waals surface area contributed by atoms with Crippen LogP contribution in [-0.4, -0.2) is 52.0 Å². The highest BCUT2D eigenvalue weighted by atomic mass is 16.4. The van der Waals surface area contributed by atoms with Crippen LogP contribution in [0.1, 0.15) is 39.2 Å². The summed E-state index contributed by atoms with van der Waals surface area (Å²) in [6, 6.07) is 9.26. The van der Waals surface area contributed by atoms with Gasteiger partial charge in [0.25, 0.3) is 0 Å². The van der Waals surface area contributed by atoms with E-state index in [1.165, 1.54) is 17.7 Å². The molecule has 1 amide bonds. The van der Waals surface area contributed by atoms with Crippen LogP contribution in [0.3, 0.4) is 0 Å². The van der Waals surface area contributed by atoms with Crippen molar-refractivity contribution in [2.45, 2.75) is 57.7 Å². The van der Waals surface area contributed by atoms with Gasteiger partial charge in [-0.2, -0.15) is 0 Å². The molecule has 1 aromatic carbocycles. The number of nitrogens with zero attached hydrogens (tertiary/aromatic N) is 1. The van der Waals surface area contributed by atoms with Gasteiger partial charge in [0.1, 0.15) is 0 Å². The molecule has 5 heteroatoms. The van der Waals surface area contributed by atoms with E-state index in [9.17, 15) is 15.0 Å². The number of aliphatic hydroxyl groups is 1. The Labute approximate surface area is 144 Å². The van der Waals surface area contributed by atoms with Crippen LogP contribution in [-0.2, 0) is 6.42 Å². The second-order valence-corrected chi connectivity index (χ2v) is 7.75. The number of nitrogens with one attached hydrogen (secondary N) is 1. The van der Waals surface area contributed by atoms with Crippen LogP contribution < -0.4 is 5.32 Å². The van der Waals surface area contributed by atoms with E-state index in [0.717, 1.165) is 18.0 Å². The standard InChI is InChI=1S/C19H30N2O3/c1-19(2,3)21(18(23)24)16(11-14-7-5-4-6-8-14)17(22)13-20-12-15-9-10-15/h4-8,15-17,20,22H,9-13H2,1-3H3,(H,23,24)/t16-,17-/m0/s1. The van der Waals surface area contributed by atoms with Crippen molar-refractivity contribution in [3.05, 3.63) is 35.9 Å². The maximum atomic E-state index is 11.9. The summed E-state index contributed by atoms with van der Waals surface area (Å²) in [5.41, 5.74) is 0.446. The van der Waals surface area contributed by atoms with E-state index in [0.29, 0.717) is 13.0 Å². The zero-order valence-electron chi connectivity index (χ0n) is 14.9. The monoisotopic (exact) mass is 334 g/mol. The molecular weight excluding hydrogens is 304 g/mol. The van der Waals surface area contributed by atoms with Gasteiger partial charge in [0, 0.05) is 12.1 Å². The van der Waals surface area contributed by atoms with Gasteiger partial charge in [-0.1, -0.05) is 30.3 Å². The first kappa shape index (κ1) is 18.7. The Morgan fingerprint density at radius 1 is 1.29 bits per heavy atom. The lowest BCUT2D eigenvalue weighted by Crippen LogP contribution is -2.58. The van der Waals surface area contributed by atoms with E-state index in [4.69, 9.17) is 0 Å². The highest BCUT2D eigenvalue weighted by molar-refractivity contribution is 5.66. The number of carboxylic acid groups (broad SMARTS) is 1. The zero-order valence-corrected chi connectivity index (χ0v) is 14.9. The number of aliphatic hydroxyl groups excluding tert-OH is 1. The van der Waals surface area contributed by atoms with Crippen LogP contribution >= 0.6 is 0 Å². The fourth-order valence-corrected chi connectivity index (χ4v) is 3.07. The van der Waals surface area contributed by atoms with Crippen molar-refractivity contribution in [2.75, 3.05) is 13.1 Å². The largest absolute Gasteiger partial charge is 0.465 e. The van der Waals surface area contributed by atoms with Gasteiger partial charge in [0.05, 0.1) is 12.1 Å². The maximum absolute atomic E-state index is 11.9. The Hall–Kier alpha value is -1.59. The Morgan fingerprint density at radius 2 is 1.92 bits per heavy atom. The van der Waals surface area contributed by atoms with E-state index >= 15 is 0 Å². The highest BCUT2D eigenvalue weighted by Gasteiger charge is 2.37. The minimum Gasteiger partial charge on any atom is -0.465 e. The molecule has 0 saturated heterocycles. The predicted octanol–water partition coefficient (Wildman–Crippen LogP) is 2.74. The number of hydrogen-bond donors (Lipinski definition) is 3. The number of carbonyl (C=O) groups is 1. The van der Waals surface area contributed by atoms with E-state index in [1.807, 2.05) is 51.1 Å². The lowest BCUT2D eigenvalue weighted by Gasteiger charge is -2.42. The maximum Gasteiger partial charge on any atom is 0.408 e. The van der Waals surface area contributed by atoms with Crippen molar-refractivity contribution in [1.29, 1.82) is 0 Å². The Bertz CT molecular complexity index is 523. The van der Waals surface area contributed by atoms with Gasteiger partial charge in [0.2, 0.25) is 0 Å². The average Bonchev–Trinajstić information content (AvgIpc) is 3.30. The molecule has 0 aliphatic heterocycles. The molecular formula is C19H30N2O3. The number of benzene rings is 1. The van der Waals surface area contributed by atoms with Crippen LogP contribution in [0.25, 0.3) is 0 Å². The zero-order chi connectivity index (χ0) is 17.7. The molecule has 0 radical (unpaired) electrons. The van der Waals surface area contributed by atoms with Crippen LogP contribution in [0.5, 0.6) is 0 Å². The Kier molecular flexibility index (Phi) is 6.24. The first-order valence-corrected chi connectivity index (χ1v) is 8.74. The minimum atomic E-state index is -0.996. The fraction of sp³-hybridized carbons (Fsp3) is 0.632. The summed E-state index contributed by atoms with van der Waals surface area (Å²) >= 11 is 0. The smallest absolute Gasteiger partial charge is 0.408 e. The van der Waals surface area contributed by atoms with E-state index in [2.05, 4.69) is 5.32 Å². The molecule has 1 fully saturated rings. The molecule has 1 aliphatic carbocycles. The van der Waals surface area contributed by atoms with Crippen LogP contribution in [0.15, 0.2) is 30.3 Å². The first-order chi connectivity index (χ1) is 11.3. The van der Waals surface area contributed by atoms with Gasteiger partial charge < -0.3 is 15.5 Å². The molecule has 134 valence electrons. The summed E-state index contributed by atoms with van der Waals surface area (Å²) in [6.45, 7) is 6.90. The van der Waals surface area contributed by atoms with Crippen molar-refractivity contribution in [2.24, 2.45) is 5.92 Å². The third-order valence-electron chi connectivity index (χ3n) is 4.48. The second kappa shape index (κ2) is 7.99. The summed E-state index contributed by atoms with van der Waals surface area (Å²) in [7, 11) is 0. The van der Waals surface area contributed by atoms with E-state index in [-0.39, 0.29) is 0 Å². The minimum absolute atomic E-state index is 0.411. The molecule has 0 aromatic heterocycles. The van der Waals surface area contributed by atoms with Gasteiger partial charge >= 0.3 is 6.09 Å². The lowest BCUT2D eigenvalue weighted by atomic mass is 9.94. The summed E-state index contributed by atoms with van der Waals surface area (Å²) in [6.07, 6.45) is 1.25. The molecule has 0 bridgehead atoms. The van der Waals surface area contributed by atoms with Gasteiger partial charge in [-0.3, -0.25) is 4.90 Å². The third-order valence-corrected chi connectivity index (χ3v) is 4.48. The van der Waals surface area contributed by atoms with Gasteiger partial charge in [0.15, 0.2) is 0 Å². The van der Waals surface area contributed by atoms with Gasteiger partial charge in [-0.25, -0.2) is 4.79 Å². The third kappa shape index (κ3) is 5.49. The molecule has 0 unspecified atom stereocenters. The van der Waals surface area contributed by atoms with E-state index < -0.39 is 23.8 Å². The Balaban J connectivity index is 2.13. The summed E-state index contributed by atoms with van der Waals surface area (Å²) in [4.78, 5) is 13.3. The van der Waals surface area contributed by atoms with Crippen LogP contribution in [0, 0.1) is 5.92 Å². The second-order valence-electron chi connectivity index (χ2n) is 7.75. The molecule has 0 spiro atoms. The van der Waals surface area contributed by atoms with Crippen molar-refractivity contribution in [3.8, 4) is 0 Å². The normalized spacial score (nSPS) is 17.3. The van der Waals surface area contributed by atoms with Crippen molar-refractivity contribution in [1.82, 2.24) is 10.2 Å². The summed E-state index contributed by atoms with van der Waals surface area (Å²) < 4.78 is 0. The predicted molar refractivity (Wildman–Crippen MR) is 95.2 cm³/mol. The molecule has 3 N–H and O–H groups in total. The molecule has 0 heterocycles. The molecule has 2 atom stereocenters. The van der Waals surface area contributed by atoms with Crippen LogP contribution in [0.2, 0.25) is 0 Å². The Morgan fingerprint density at radius 3 is 2.42 bits per heavy atom. The van der Waals surface area contributed by atoms with Crippen LogP contribution in [0.4, 0.5) is 4.79 Å². The topological polar surface area (TPSA) is 72.8 Å². The average molecular weight is 334 g/mol. The first-order valence-electron chi connectivity index (χ1n) is 8.74. The molecule has 2 rings (SSSR count). The molecule has 1 aliphatic rings.